The molecule has 0 atom stereocenters. The Morgan fingerprint density at radius 2 is 0.929 bits per heavy atom. The van der Waals surface area contributed by atoms with Crippen molar-refractivity contribution in [2.75, 3.05) is 0 Å². The van der Waals surface area contributed by atoms with E-state index in [1.54, 1.807) is 12.1 Å². The van der Waals surface area contributed by atoms with Gasteiger partial charge in [0.05, 0.1) is 0 Å². The lowest BCUT2D eigenvalue weighted by molar-refractivity contribution is 0.538. The van der Waals surface area contributed by atoms with Crippen LogP contribution in [0.5, 0.6) is 0 Å². The average molecular weight is 196 g/mol. The second-order valence-corrected chi connectivity index (χ2v) is 2.04. The number of nitrogens with zero attached hydrogens (tertiary/aromatic N) is 4. The van der Waals surface area contributed by atoms with Crippen LogP contribution in [0.3, 0.4) is 0 Å². The molecule has 0 amide bonds. The standard InChI is InChI=1S/2C4H3FN2/c2*5-4-6-2-1-3-7-4/h2*1-3H. The molecule has 0 saturated carbocycles. The van der Waals surface area contributed by atoms with Crippen LogP contribution in [0, 0.1) is 12.2 Å². The first kappa shape index (κ1) is 10.1. The van der Waals surface area contributed by atoms with Crippen molar-refractivity contribution in [3.63, 3.8) is 0 Å². The fourth-order valence-electron chi connectivity index (χ4n) is 0.562. The van der Waals surface area contributed by atoms with Gasteiger partial charge in [0.25, 0.3) is 0 Å². The van der Waals surface area contributed by atoms with Crippen molar-refractivity contribution in [1.29, 1.82) is 0 Å². The fraction of sp³-hybridized carbons (Fsp3) is 0. The number of hydrogen-bond acceptors (Lipinski definition) is 4. The third kappa shape index (κ3) is 4.15. The van der Waals surface area contributed by atoms with Crippen LogP contribution in [-0.2, 0) is 0 Å². The maximum Gasteiger partial charge on any atom is 0.308 e. The normalized spacial score (nSPS) is 8.71. The highest BCUT2D eigenvalue weighted by Gasteiger charge is 1.81. The zero-order valence-electron chi connectivity index (χ0n) is 7.01. The van der Waals surface area contributed by atoms with Crippen LogP contribution >= 0.6 is 0 Å². The monoisotopic (exact) mass is 196 g/mol. The number of hydrogen-bond donors (Lipinski definition) is 0. The predicted octanol–water partition coefficient (Wildman–Crippen LogP) is 1.23. The summed E-state index contributed by atoms with van der Waals surface area (Å²) < 4.78 is 23.4. The average Bonchev–Trinajstić information content (AvgIpc) is 2.21. The largest absolute Gasteiger partial charge is 0.308 e. The van der Waals surface area contributed by atoms with E-state index in [4.69, 9.17) is 0 Å². The molecule has 2 aromatic rings. The summed E-state index contributed by atoms with van der Waals surface area (Å²) >= 11 is 0. The molecule has 0 saturated heterocycles. The lowest BCUT2D eigenvalue weighted by Gasteiger charge is -1.77. The lowest BCUT2D eigenvalue weighted by Crippen LogP contribution is -1.81. The molecule has 0 radical (unpaired) electrons. The highest BCUT2D eigenvalue weighted by molar-refractivity contribution is 4.76. The summed E-state index contributed by atoms with van der Waals surface area (Å²) in [6.45, 7) is 0. The van der Waals surface area contributed by atoms with Gasteiger partial charge < -0.3 is 0 Å². The molecule has 6 heteroatoms. The molecule has 0 unspecified atom stereocenters. The van der Waals surface area contributed by atoms with Crippen LogP contribution in [-0.4, -0.2) is 19.9 Å². The third-order valence-corrected chi connectivity index (χ3v) is 1.07. The van der Waals surface area contributed by atoms with E-state index in [1.807, 2.05) is 0 Å². The summed E-state index contributed by atoms with van der Waals surface area (Å²) in [5, 5.41) is 0. The Balaban J connectivity index is 0.000000140. The first-order valence-corrected chi connectivity index (χ1v) is 3.64. The zero-order valence-corrected chi connectivity index (χ0v) is 7.01. The molecule has 0 fully saturated rings. The lowest BCUT2D eigenvalue weighted by atomic mass is 10.7. The zero-order chi connectivity index (χ0) is 10.2. The highest BCUT2D eigenvalue weighted by atomic mass is 19.1. The molecule has 0 aliphatic rings. The van der Waals surface area contributed by atoms with Crippen LogP contribution in [0.4, 0.5) is 8.78 Å². The van der Waals surface area contributed by atoms with Gasteiger partial charge >= 0.3 is 12.2 Å². The van der Waals surface area contributed by atoms with Gasteiger partial charge in [-0.25, -0.2) is 19.9 Å². The number of aromatic nitrogens is 4. The van der Waals surface area contributed by atoms with E-state index in [0.29, 0.717) is 0 Å². The second kappa shape index (κ2) is 5.63. The molecule has 0 aromatic carbocycles. The van der Waals surface area contributed by atoms with Gasteiger partial charge in [-0.05, 0) is 12.1 Å². The van der Waals surface area contributed by atoms with E-state index in [9.17, 15) is 8.78 Å². The molecule has 14 heavy (non-hydrogen) atoms. The quantitative estimate of drug-likeness (QED) is 0.594. The predicted molar refractivity (Wildman–Crippen MR) is 44.0 cm³/mol. The van der Waals surface area contributed by atoms with Crippen molar-refractivity contribution in [3.8, 4) is 0 Å². The van der Waals surface area contributed by atoms with Gasteiger partial charge in [0.15, 0.2) is 0 Å². The molecular weight excluding hydrogens is 190 g/mol. The molecule has 0 aliphatic heterocycles. The maximum atomic E-state index is 11.7. The van der Waals surface area contributed by atoms with Crippen LogP contribution in [0.25, 0.3) is 0 Å². The Labute approximate surface area is 78.7 Å². The summed E-state index contributed by atoms with van der Waals surface area (Å²) in [7, 11) is 0. The van der Waals surface area contributed by atoms with Gasteiger partial charge in [0, 0.05) is 24.8 Å². The fourth-order valence-corrected chi connectivity index (χ4v) is 0.562. The van der Waals surface area contributed by atoms with Gasteiger partial charge in [-0.15, -0.1) is 0 Å². The summed E-state index contributed by atoms with van der Waals surface area (Å²) in [4.78, 5) is 12.8. The van der Waals surface area contributed by atoms with Gasteiger partial charge in [0.1, 0.15) is 0 Å². The van der Waals surface area contributed by atoms with Crippen LogP contribution in [0.1, 0.15) is 0 Å². The Kier molecular flexibility index (Phi) is 4.06. The second-order valence-electron chi connectivity index (χ2n) is 2.04. The highest BCUT2D eigenvalue weighted by Crippen LogP contribution is 1.79. The van der Waals surface area contributed by atoms with Crippen LogP contribution in [0.15, 0.2) is 36.9 Å². The van der Waals surface area contributed by atoms with Crippen LogP contribution < -0.4 is 0 Å². The van der Waals surface area contributed by atoms with E-state index >= 15 is 0 Å². The van der Waals surface area contributed by atoms with E-state index < -0.39 is 12.2 Å². The summed E-state index contributed by atoms with van der Waals surface area (Å²) in [6, 6.07) is 3.12. The van der Waals surface area contributed by atoms with E-state index in [2.05, 4.69) is 19.9 Å². The minimum Gasteiger partial charge on any atom is -0.211 e. The smallest absolute Gasteiger partial charge is 0.211 e. The minimum absolute atomic E-state index is 0.678. The Morgan fingerprint density at radius 1 is 0.643 bits per heavy atom. The summed E-state index contributed by atoms with van der Waals surface area (Å²) in [6.07, 6.45) is 4.04. The van der Waals surface area contributed by atoms with Crippen molar-refractivity contribution in [2.45, 2.75) is 0 Å². The molecule has 0 spiro atoms. The molecule has 0 bridgehead atoms. The van der Waals surface area contributed by atoms with Gasteiger partial charge in [-0.2, -0.15) is 8.78 Å². The van der Waals surface area contributed by atoms with Crippen molar-refractivity contribution in [2.24, 2.45) is 0 Å². The Hall–Kier alpha value is -1.98. The van der Waals surface area contributed by atoms with Crippen molar-refractivity contribution < 1.29 is 8.78 Å². The molecule has 0 aliphatic carbocycles. The first-order chi connectivity index (χ1) is 6.79. The molecule has 2 rings (SSSR count). The minimum atomic E-state index is -0.678. The van der Waals surface area contributed by atoms with Gasteiger partial charge in [-0.3, -0.25) is 0 Å². The first-order valence-electron chi connectivity index (χ1n) is 3.64. The SMILES string of the molecule is Fc1ncccn1.Fc1ncccn1. The summed E-state index contributed by atoms with van der Waals surface area (Å²) in [5.41, 5.74) is 0. The van der Waals surface area contributed by atoms with E-state index in [1.165, 1.54) is 24.8 Å². The number of rotatable bonds is 0. The summed E-state index contributed by atoms with van der Waals surface area (Å²) in [5.74, 6) is 0. The molecule has 2 aromatic heterocycles. The molecule has 2 heterocycles. The molecule has 4 nitrogen and oxygen atoms in total. The maximum absolute atomic E-state index is 11.7. The van der Waals surface area contributed by atoms with Crippen molar-refractivity contribution >= 4 is 0 Å². The van der Waals surface area contributed by atoms with E-state index in [-0.39, 0.29) is 0 Å². The van der Waals surface area contributed by atoms with Gasteiger partial charge in [0.2, 0.25) is 0 Å². The Bertz CT molecular complexity index is 317. The molecular formula is C8H6F2N4. The van der Waals surface area contributed by atoms with Crippen molar-refractivity contribution in [3.05, 3.63) is 49.1 Å². The molecule has 72 valence electrons. The van der Waals surface area contributed by atoms with Crippen LogP contribution in [0.2, 0.25) is 0 Å². The Morgan fingerprint density at radius 3 is 1.07 bits per heavy atom. The van der Waals surface area contributed by atoms with Crippen molar-refractivity contribution in [1.82, 2.24) is 19.9 Å². The van der Waals surface area contributed by atoms with Gasteiger partial charge in [-0.1, -0.05) is 0 Å². The molecule has 0 N–H and O–H groups in total. The number of halogens is 2. The third-order valence-electron chi connectivity index (χ3n) is 1.07. The van der Waals surface area contributed by atoms with E-state index in [0.717, 1.165) is 0 Å². The topological polar surface area (TPSA) is 51.6 Å².